The van der Waals surface area contributed by atoms with E-state index in [1.54, 1.807) is 25.1 Å². The van der Waals surface area contributed by atoms with E-state index in [0.717, 1.165) is 6.20 Å². The first-order chi connectivity index (χ1) is 13.5. The second kappa shape index (κ2) is 7.03. The molecule has 3 aromatic heterocycles. The van der Waals surface area contributed by atoms with Crippen molar-refractivity contribution in [2.45, 2.75) is 6.92 Å². The molecule has 0 aliphatic rings. The van der Waals surface area contributed by atoms with E-state index in [1.807, 2.05) is 0 Å². The van der Waals surface area contributed by atoms with E-state index >= 15 is 0 Å². The molecule has 0 spiro atoms. The number of ether oxygens (including phenoxy) is 1. The predicted octanol–water partition coefficient (Wildman–Crippen LogP) is 3.82. The predicted molar refractivity (Wildman–Crippen MR) is 97.2 cm³/mol. The number of halogens is 2. The second-order valence-corrected chi connectivity index (χ2v) is 5.91. The van der Waals surface area contributed by atoms with Gasteiger partial charge in [-0.15, -0.1) is 0 Å². The number of hydrogen-bond donors (Lipinski definition) is 1. The zero-order valence-electron chi connectivity index (χ0n) is 14.6. The number of benzene rings is 1. The molecule has 4 rings (SSSR count). The minimum absolute atomic E-state index is 0.146. The molecule has 140 valence electrons. The first-order valence-corrected chi connectivity index (χ1v) is 8.20. The van der Waals surface area contributed by atoms with Gasteiger partial charge in [-0.1, -0.05) is 12.1 Å². The standard InChI is InChI=1S/C19H13F2N5O2/c1-11-16(10-22-17(24-11)12-3-2-4-14(20)7-12)28-19(27)25-26-6-5-13-8-15(21)9-23-18(13)26/h2-10H,1H3,(H,25,27). The van der Waals surface area contributed by atoms with E-state index in [-0.39, 0.29) is 5.75 Å². The van der Waals surface area contributed by atoms with Crippen molar-refractivity contribution in [1.82, 2.24) is 19.6 Å². The molecule has 9 heteroatoms. The summed E-state index contributed by atoms with van der Waals surface area (Å²) < 4.78 is 33.1. The number of nitrogens with zero attached hydrogens (tertiary/aromatic N) is 4. The number of fused-ring (bicyclic) bond motifs is 1. The van der Waals surface area contributed by atoms with Gasteiger partial charge in [0.25, 0.3) is 0 Å². The van der Waals surface area contributed by atoms with E-state index in [1.165, 1.54) is 35.3 Å². The van der Waals surface area contributed by atoms with Crippen molar-refractivity contribution >= 4 is 17.1 Å². The summed E-state index contributed by atoms with van der Waals surface area (Å²) in [5, 5.41) is 0.527. The van der Waals surface area contributed by atoms with Crippen molar-refractivity contribution in [3.05, 3.63) is 72.3 Å². The van der Waals surface area contributed by atoms with Crippen LogP contribution in [-0.2, 0) is 0 Å². The van der Waals surface area contributed by atoms with Crippen molar-refractivity contribution in [2.24, 2.45) is 0 Å². The highest BCUT2D eigenvalue weighted by Gasteiger charge is 2.13. The van der Waals surface area contributed by atoms with Gasteiger partial charge in [0.05, 0.1) is 18.1 Å². The van der Waals surface area contributed by atoms with Crippen LogP contribution in [0.25, 0.3) is 22.4 Å². The minimum Gasteiger partial charge on any atom is -0.406 e. The molecule has 0 aliphatic carbocycles. The molecular weight excluding hydrogens is 368 g/mol. The first-order valence-electron chi connectivity index (χ1n) is 8.20. The molecule has 0 bridgehead atoms. The van der Waals surface area contributed by atoms with E-state index < -0.39 is 17.7 Å². The number of aryl methyl sites for hydroxylation is 1. The largest absolute Gasteiger partial charge is 0.432 e. The fourth-order valence-corrected chi connectivity index (χ4v) is 2.63. The van der Waals surface area contributed by atoms with Gasteiger partial charge in [0, 0.05) is 17.1 Å². The van der Waals surface area contributed by atoms with Crippen LogP contribution in [0, 0.1) is 18.6 Å². The fourth-order valence-electron chi connectivity index (χ4n) is 2.63. The maximum atomic E-state index is 13.4. The Bertz CT molecular complexity index is 1190. The Morgan fingerprint density at radius 1 is 1.11 bits per heavy atom. The first kappa shape index (κ1) is 17.5. The smallest absolute Gasteiger partial charge is 0.406 e. The lowest BCUT2D eigenvalue weighted by atomic mass is 10.2. The minimum atomic E-state index is -0.797. The summed E-state index contributed by atoms with van der Waals surface area (Å²) >= 11 is 0. The highest BCUT2D eigenvalue weighted by atomic mass is 19.1. The number of carbonyl (C=O) groups is 1. The SMILES string of the molecule is Cc1nc(-c2cccc(F)c2)ncc1OC(=O)Nn1ccc2cc(F)cnc21. The third-order valence-electron chi connectivity index (χ3n) is 3.92. The van der Waals surface area contributed by atoms with Crippen molar-refractivity contribution in [3.63, 3.8) is 0 Å². The summed E-state index contributed by atoms with van der Waals surface area (Å²) in [7, 11) is 0. The van der Waals surface area contributed by atoms with Crippen molar-refractivity contribution in [2.75, 3.05) is 5.43 Å². The fraction of sp³-hybridized carbons (Fsp3) is 0.0526. The Morgan fingerprint density at radius 2 is 1.96 bits per heavy atom. The topological polar surface area (TPSA) is 81.9 Å². The van der Waals surface area contributed by atoms with E-state index in [9.17, 15) is 13.6 Å². The number of aromatic nitrogens is 4. The Morgan fingerprint density at radius 3 is 2.75 bits per heavy atom. The molecule has 4 aromatic rings. The van der Waals surface area contributed by atoms with Crippen LogP contribution in [0.3, 0.4) is 0 Å². The normalized spacial score (nSPS) is 10.8. The molecule has 1 N–H and O–H groups in total. The number of carbonyl (C=O) groups excluding carboxylic acids is 1. The summed E-state index contributed by atoms with van der Waals surface area (Å²) in [5.74, 6) is -0.412. The van der Waals surface area contributed by atoms with Gasteiger partial charge in [-0.2, -0.15) is 0 Å². The third kappa shape index (κ3) is 3.50. The van der Waals surface area contributed by atoms with E-state index in [2.05, 4.69) is 20.4 Å². The molecule has 0 aliphatic heterocycles. The van der Waals surface area contributed by atoms with Crippen molar-refractivity contribution in [3.8, 4) is 17.1 Å². The Kier molecular flexibility index (Phi) is 4.40. The van der Waals surface area contributed by atoms with Gasteiger partial charge in [0.2, 0.25) is 0 Å². The molecule has 7 nitrogen and oxygen atoms in total. The maximum Gasteiger partial charge on any atom is 0.432 e. The van der Waals surface area contributed by atoms with Gasteiger partial charge in [-0.05, 0) is 31.2 Å². The Labute approximate surface area is 157 Å². The molecule has 0 saturated carbocycles. The van der Waals surface area contributed by atoms with E-state index in [0.29, 0.717) is 28.1 Å². The summed E-state index contributed by atoms with van der Waals surface area (Å²) in [6, 6.07) is 8.78. The van der Waals surface area contributed by atoms with Crippen LogP contribution in [0.15, 0.2) is 55.0 Å². The zero-order valence-corrected chi connectivity index (χ0v) is 14.6. The van der Waals surface area contributed by atoms with Gasteiger partial charge in [-0.25, -0.2) is 38.6 Å². The van der Waals surface area contributed by atoms with Gasteiger partial charge < -0.3 is 4.74 Å². The Balaban J connectivity index is 1.51. The highest BCUT2D eigenvalue weighted by Crippen LogP contribution is 2.21. The van der Waals surface area contributed by atoms with Crippen LogP contribution in [-0.4, -0.2) is 25.7 Å². The third-order valence-corrected chi connectivity index (χ3v) is 3.92. The Hall–Kier alpha value is -3.88. The van der Waals surface area contributed by atoms with Crippen LogP contribution in [0.4, 0.5) is 13.6 Å². The lowest BCUT2D eigenvalue weighted by Crippen LogP contribution is -2.26. The molecule has 0 saturated heterocycles. The number of pyridine rings is 1. The summed E-state index contributed by atoms with van der Waals surface area (Å²) in [4.78, 5) is 24.5. The number of nitrogens with one attached hydrogen (secondary N) is 1. The summed E-state index contributed by atoms with van der Waals surface area (Å²) in [6.45, 7) is 1.64. The number of hydrogen-bond acceptors (Lipinski definition) is 5. The molecule has 3 heterocycles. The van der Waals surface area contributed by atoms with Crippen LogP contribution in [0.2, 0.25) is 0 Å². The zero-order chi connectivity index (χ0) is 19.7. The number of rotatable bonds is 3. The molecule has 0 unspecified atom stereocenters. The van der Waals surface area contributed by atoms with Crippen LogP contribution in [0.5, 0.6) is 5.75 Å². The van der Waals surface area contributed by atoms with Crippen LogP contribution in [0.1, 0.15) is 5.69 Å². The van der Waals surface area contributed by atoms with Gasteiger partial charge in [0.15, 0.2) is 17.2 Å². The summed E-state index contributed by atoms with van der Waals surface area (Å²) in [5.41, 5.74) is 3.76. The van der Waals surface area contributed by atoms with Crippen molar-refractivity contribution < 1.29 is 18.3 Å². The summed E-state index contributed by atoms with van der Waals surface area (Å²) in [6.07, 6.45) is 3.11. The highest BCUT2D eigenvalue weighted by molar-refractivity contribution is 5.83. The molecule has 1 amide bonds. The average Bonchev–Trinajstić information content (AvgIpc) is 3.05. The van der Waals surface area contributed by atoms with Gasteiger partial charge in [0.1, 0.15) is 11.6 Å². The van der Waals surface area contributed by atoms with Gasteiger partial charge in [-0.3, -0.25) is 0 Å². The monoisotopic (exact) mass is 381 g/mol. The molecular formula is C19H13F2N5O2. The molecule has 1 aromatic carbocycles. The average molecular weight is 381 g/mol. The van der Waals surface area contributed by atoms with Crippen LogP contribution < -0.4 is 10.2 Å². The number of amides is 1. The van der Waals surface area contributed by atoms with Crippen molar-refractivity contribution in [1.29, 1.82) is 0 Å². The quantitative estimate of drug-likeness (QED) is 0.583. The molecule has 0 radical (unpaired) electrons. The van der Waals surface area contributed by atoms with Crippen LogP contribution >= 0.6 is 0 Å². The lowest BCUT2D eigenvalue weighted by Gasteiger charge is -2.10. The van der Waals surface area contributed by atoms with Gasteiger partial charge >= 0.3 is 6.09 Å². The molecule has 0 atom stereocenters. The second-order valence-electron chi connectivity index (χ2n) is 5.91. The lowest BCUT2D eigenvalue weighted by molar-refractivity contribution is 0.211. The van der Waals surface area contributed by atoms with E-state index in [4.69, 9.17) is 4.74 Å². The molecule has 28 heavy (non-hydrogen) atoms. The maximum absolute atomic E-state index is 13.4. The molecule has 0 fully saturated rings.